The molecule has 1 N–H and O–H groups in total. The lowest BCUT2D eigenvalue weighted by Crippen LogP contribution is -2.38. The van der Waals surface area contributed by atoms with Gasteiger partial charge in [-0.3, -0.25) is 4.79 Å². The van der Waals surface area contributed by atoms with Crippen LogP contribution in [0.15, 0.2) is 30.3 Å². The van der Waals surface area contributed by atoms with Crippen molar-refractivity contribution in [3.63, 3.8) is 0 Å². The molecular weight excluding hydrogens is 242 g/mol. The topological polar surface area (TPSA) is 49.8 Å². The van der Waals surface area contributed by atoms with Crippen LogP contribution in [0.5, 0.6) is 5.75 Å². The Bertz CT molecular complexity index is 461. The number of carbonyl (C=O) groups is 1. The number of hydrogen-bond donors (Lipinski definition) is 1. The highest BCUT2D eigenvalue weighted by Crippen LogP contribution is 2.13. The maximum Gasteiger partial charge on any atom is 0.246 e. The Balaban J connectivity index is 2.67. The van der Waals surface area contributed by atoms with Gasteiger partial charge in [0, 0.05) is 19.7 Å². The number of carbonyl (C=O) groups excluding carboxylic acids is 1. The number of benzene rings is 1. The largest absolute Gasteiger partial charge is 0.497 e. The third kappa shape index (κ3) is 5.57. The predicted octanol–water partition coefficient (Wildman–Crippen LogP) is 1.94. The summed E-state index contributed by atoms with van der Waals surface area (Å²) in [6.07, 6.45) is 3.21. The summed E-state index contributed by atoms with van der Waals surface area (Å²) in [5.41, 5.74) is -0.00170. The van der Waals surface area contributed by atoms with E-state index in [4.69, 9.17) is 4.74 Å². The normalized spacial score (nSPS) is 11.6. The monoisotopic (exact) mass is 263 g/mol. The molecule has 0 spiro atoms. The summed E-state index contributed by atoms with van der Waals surface area (Å²) in [6, 6.07) is 7.45. The van der Waals surface area contributed by atoms with Crippen LogP contribution < -0.4 is 4.74 Å². The van der Waals surface area contributed by atoms with E-state index in [1.54, 1.807) is 34.1 Å². The molecule has 1 aromatic carbocycles. The second-order valence-electron chi connectivity index (χ2n) is 5.12. The lowest BCUT2D eigenvalue weighted by Gasteiger charge is -2.24. The van der Waals surface area contributed by atoms with Crippen LogP contribution in [0.4, 0.5) is 0 Å². The van der Waals surface area contributed by atoms with Crippen LogP contribution >= 0.6 is 0 Å². The van der Waals surface area contributed by atoms with Crippen molar-refractivity contribution in [2.24, 2.45) is 0 Å². The minimum atomic E-state index is -0.895. The number of likely N-dealkylation sites (N-methyl/N-ethyl adjacent to an activating group) is 1. The van der Waals surface area contributed by atoms with Crippen molar-refractivity contribution in [2.75, 3.05) is 20.7 Å². The third-order valence-corrected chi connectivity index (χ3v) is 2.51. The first-order chi connectivity index (χ1) is 8.81. The molecule has 0 saturated heterocycles. The first kappa shape index (κ1) is 15.2. The number of ether oxygens (including phenoxy) is 1. The molecule has 4 nitrogen and oxygen atoms in total. The van der Waals surface area contributed by atoms with Crippen molar-refractivity contribution in [2.45, 2.75) is 19.4 Å². The molecule has 0 saturated carbocycles. The summed E-state index contributed by atoms with van der Waals surface area (Å²) in [5, 5.41) is 9.66. The Labute approximate surface area is 114 Å². The van der Waals surface area contributed by atoms with Crippen LogP contribution in [0.2, 0.25) is 0 Å². The van der Waals surface area contributed by atoms with Gasteiger partial charge >= 0.3 is 0 Å². The minimum Gasteiger partial charge on any atom is -0.497 e. The lowest BCUT2D eigenvalue weighted by atomic mass is 10.1. The van der Waals surface area contributed by atoms with E-state index >= 15 is 0 Å². The SMILES string of the molecule is COc1cccc(C=CC(=O)N(C)CC(C)(C)O)c1. The summed E-state index contributed by atoms with van der Waals surface area (Å²) in [7, 11) is 3.27. The van der Waals surface area contributed by atoms with Crippen LogP contribution in [0.25, 0.3) is 6.08 Å². The van der Waals surface area contributed by atoms with Gasteiger partial charge in [0.05, 0.1) is 12.7 Å². The van der Waals surface area contributed by atoms with Crippen molar-refractivity contribution in [3.8, 4) is 5.75 Å². The van der Waals surface area contributed by atoms with E-state index in [-0.39, 0.29) is 12.5 Å². The summed E-state index contributed by atoms with van der Waals surface area (Å²) >= 11 is 0. The van der Waals surface area contributed by atoms with Crippen LogP contribution in [0.1, 0.15) is 19.4 Å². The number of amides is 1. The zero-order chi connectivity index (χ0) is 14.5. The molecule has 0 aliphatic heterocycles. The first-order valence-electron chi connectivity index (χ1n) is 6.11. The van der Waals surface area contributed by atoms with Gasteiger partial charge < -0.3 is 14.7 Å². The quantitative estimate of drug-likeness (QED) is 0.826. The lowest BCUT2D eigenvalue weighted by molar-refractivity contribution is -0.127. The van der Waals surface area contributed by atoms with Crippen LogP contribution in [-0.4, -0.2) is 42.2 Å². The Morgan fingerprint density at radius 2 is 2.16 bits per heavy atom. The zero-order valence-corrected chi connectivity index (χ0v) is 11.9. The van der Waals surface area contributed by atoms with Crippen molar-refractivity contribution in [3.05, 3.63) is 35.9 Å². The fraction of sp³-hybridized carbons (Fsp3) is 0.400. The molecule has 0 aromatic heterocycles. The van der Waals surface area contributed by atoms with E-state index in [9.17, 15) is 9.90 Å². The molecule has 1 rings (SSSR count). The molecule has 0 atom stereocenters. The number of nitrogens with zero attached hydrogens (tertiary/aromatic N) is 1. The Morgan fingerprint density at radius 3 is 2.74 bits per heavy atom. The molecule has 0 unspecified atom stereocenters. The van der Waals surface area contributed by atoms with Crippen LogP contribution in [-0.2, 0) is 4.79 Å². The molecule has 0 radical (unpaired) electrons. The highest BCUT2D eigenvalue weighted by atomic mass is 16.5. The van der Waals surface area contributed by atoms with E-state index < -0.39 is 5.60 Å². The summed E-state index contributed by atoms with van der Waals surface area (Å²) in [5.74, 6) is 0.601. The zero-order valence-electron chi connectivity index (χ0n) is 11.9. The molecule has 1 amide bonds. The van der Waals surface area contributed by atoms with Crippen molar-refractivity contribution in [1.82, 2.24) is 4.90 Å². The molecule has 1 aromatic rings. The number of methoxy groups -OCH3 is 1. The second kappa shape index (κ2) is 6.38. The van der Waals surface area contributed by atoms with E-state index in [0.29, 0.717) is 0 Å². The molecule has 0 bridgehead atoms. The van der Waals surface area contributed by atoms with E-state index in [2.05, 4.69) is 0 Å². The second-order valence-corrected chi connectivity index (χ2v) is 5.12. The van der Waals surface area contributed by atoms with Crippen molar-refractivity contribution >= 4 is 12.0 Å². The smallest absolute Gasteiger partial charge is 0.246 e. The van der Waals surface area contributed by atoms with Gasteiger partial charge in [0.15, 0.2) is 0 Å². The molecule has 0 aliphatic carbocycles. The molecule has 0 fully saturated rings. The van der Waals surface area contributed by atoms with Gasteiger partial charge in [-0.05, 0) is 37.6 Å². The molecule has 0 heterocycles. The van der Waals surface area contributed by atoms with Gasteiger partial charge in [0.2, 0.25) is 5.91 Å². The fourth-order valence-corrected chi connectivity index (χ4v) is 1.70. The molecule has 19 heavy (non-hydrogen) atoms. The van der Waals surface area contributed by atoms with Gasteiger partial charge in [0.1, 0.15) is 5.75 Å². The average Bonchev–Trinajstić information content (AvgIpc) is 2.34. The Hall–Kier alpha value is -1.81. The third-order valence-electron chi connectivity index (χ3n) is 2.51. The van der Waals surface area contributed by atoms with Crippen LogP contribution in [0, 0.1) is 0 Å². The van der Waals surface area contributed by atoms with E-state index in [1.165, 1.54) is 11.0 Å². The van der Waals surface area contributed by atoms with Gasteiger partial charge in [-0.25, -0.2) is 0 Å². The highest BCUT2D eigenvalue weighted by Gasteiger charge is 2.17. The van der Waals surface area contributed by atoms with Crippen molar-refractivity contribution < 1.29 is 14.6 Å². The maximum atomic E-state index is 11.8. The molecule has 104 valence electrons. The van der Waals surface area contributed by atoms with E-state index in [0.717, 1.165) is 11.3 Å². The van der Waals surface area contributed by atoms with Gasteiger partial charge in [-0.2, -0.15) is 0 Å². The average molecular weight is 263 g/mol. The van der Waals surface area contributed by atoms with Gasteiger partial charge in [-0.15, -0.1) is 0 Å². The molecule has 4 heteroatoms. The number of aliphatic hydroxyl groups is 1. The molecular formula is C15H21NO3. The predicted molar refractivity (Wildman–Crippen MR) is 76.0 cm³/mol. The summed E-state index contributed by atoms with van der Waals surface area (Å²) in [4.78, 5) is 13.3. The van der Waals surface area contributed by atoms with Crippen LogP contribution in [0.3, 0.4) is 0 Å². The Morgan fingerprint density at radius 1 is 1.47 bits per heavy atom. The van der Waals surface area contributed by atoms with Gasteiger partial charge in [0.25, 0.3) is 0 Å². The minimum absolute atomic E-state index is 0.148. The Kier molecular flexibility index (Phi) is 5.12. The van der Waals surface area contributed by atoms with Gasteiger partial charge in [-0.1, -0.05) is 12.1 Å². The maximum absolute atomic E-state index is 11.8. The summed E-state index contributed by atoms with van der Waals surface area (Å²) in [6.45, 7) is 3.62. The number of rotatable bonds is 5. The standard InChI is InChI=1S/C15H21NO3/c1-15(2,18)11-16(3)14(17)9-8-12-6-5-7-13(10-12)19-4/h5-10,18H,11H2,1-4H3. The molecule has 0 aliphatic rings. The fourth-order valence-electron chi connectivity index (χ4n) is 1.70. The highest BCUT2D eigenvalue weighted by molar-refractivity contribution is 5.91. The number of hydrogen-bond acceptors (Lipinski definition) is 3. The van der Waals surface area contributed by atoms with Crippen molar-refractivity contribution in [1.29, 1.82) is 0 Å². The first-order valence-corrected chi connectivity index (χ1v) is 6.11. The van der Waals surface area contributed by atoms with E-state index in [1.807, 2.05) is 24.3 Å². The summed E-state index contributed by atoms with van der Waals surface area (Å²) < 4.78 is 5.11.